The Hall–Kier alpha value is -2.37. The van der Waals surface area contributed by atoms with Crippen LogP contribution in [0.5, 0.6) is 5.75 Å². The van der Waals surface area contributed by atoms with Gasteiger partial charge < -0.3 is 4.74 Å². The molecule has 162 valence electrons. The third kappa shape index (κ3) is 5.41. The molecule has 0 amide bonds. The Morgan fingerprint density at radius 3 is 2.13 bits per heavy atom. The van der Waals surface area contributed by atoms with Gasteiger partial charge in [0.25, 0.3) is 0 Å². The van der Waals surface area contributed by atoms with E-state index < -0.39 is 34.9 Å². The van der Waals surface area contributed by atoms with Gasteiger partial charge >= 0.3 is 6.11 Å². The maximum absolute atomic E-state index is 14.4. The summed E-state index contributed by atoms with van der Waals surface area (Å²) in [6, 6.07) is 6.64. The molecule has 0 atom stereocenters. The van der Waals surface area contributed by atoms with Crippen molar-refractivity contribution in [3.05, 3.63) is 77.1 Å². The van der Waals surface area contributed by atoms with E-state index in [0.717, 1.165) is 37.7 Å². The van der Waals surface area contributed by atoms with Crippen molar-refractivity contribution in [3.8, 4) is 5.75 Å². The number of benzene rings is 2. The van der Waals surface area contributed by atoms with Gasteiger partial charge in [-0.1, -0.05) is 24.3 Å². The number of rotatable bonds is 7. The molecule has 6 heteroatoms. The number of hydrogen-bond acceptors (Lipinski definition) is 1. The molecule has 2 aromatic carbocycles. The first-order chi connectivity index (χ1) is 14.3. The highest BCUT2D eigenvalue weighted by atomic mass is 19.3. The van der Waals surface area contributed by atoms with Crippen molar-refractivity contribution < 1.29 is 26.7 Å². The van der Waals surface area contributed by atoms with E-state index in [1.165, 1.54) is 18.6 Å². The normalized spacial score (nSPS) is 19.9. The zero-order chi connectivity index (χ0) is 21.7. The molecule has 1 saturated carbocycles. The van der Waals surface area contributed by atoms with Crippen LogP contribution in [0.3, 0.4) is 0 Å². The monoisotopic (exact) mass is 424 g/mol. The molecule has 0 unspecified atom stereocenters. The second-order valence-electron chi connectivity index (χ2n) is 7.81. The van der Waals surface area contributed by atoms with Crippen molar-refractivity contribution in [2.45, 2.75) is 57.5 Å². The Bertz CT molecular complexity index is 845. The molecule has 2 aromatic rings. The van der Waals surface area contributed by atoms with Crippen molar-refractivity contribution in [1.29, 1.82) is 0 Å². The standard InChI is InChI=1S/C24H25F5O/c1-2-3-4-5-16-6-8-17(9-7-16)18-10-12-19(13-11-18)24(28,29)30-20-14-21(25)23(27)22(26)15-20/h2-3,10-17H,4-9H2,1H3/t16-,17-. The topological polar surface area (TPSA) is 9.23 Å². The quantitative estimate of drug-likeness (QED) is 0.250. The largest absolute Gasteiger partial charge is 0.429 e. The lowest BCUT2D eigenvalue weighted by Crippen LogP contribution is -2.22. The maximum atomic E-state index is 14.4. The minimum Gasteiger partial charge on any atom is -0.429 e. The zero-order valence-electron chi connectivity index (χ0n) is 16.8. The second kappa shape index (κ2) is 9.63. The lowest BCUT2D eigenvalue weighted by Gasteiger charge is -2.29. The molecule has 3 rings (SSSR count). The van der Waals surface area contributed by atoms with Crippen LogP contribution in [0.15, 0.2) is 48.6 Å². The van der Waals surface area contributed by atoms with Gasteiger partial charge in [-0.05, 0) is 75.0 Å². The van der Waals surface area contributed by atoms with Crippen molar-refractivity contribution in [2.75, 3.05) is 0 Å². The minimum atomic E-state index is -3.81. The van der Waals surface area contributed by atoms with Crippen LogP contribution < -0.4 is 4.74 Å². The van der Waals surface area contributed by atoms with E-state index in [-0.39, 0.29) is 0 Å². The van der Waals surface area contributed by atoms with Crippen LogP contribution in [0.2, 0.25) is 0 Å². The van der Waals surface area contributed by atoms with Crippen LogP contribution in [0.1, 0.15) is 62.5 Å². The Morgan fingerprint density at radius 2 is 1.57 bits per heavy atom. The summed E-state index contributed by atoms with van der Waals surface area (Å²) in [5.74, 6) is -4.63. The molecule has 0 bridgehead atoms. The second-order valence-corrected chi connectivity index (χ2v) is 7.81. The van der Waals surface area contributed by atoms with E-state index in [0.29, 0.717) is 24.0 Å². The summed E-state index contributed by atoms with van der Waals surface area (Å²) in [6.45, 7) is 2.02. The van der Waals surface area contributed by atoms with Gasteiger partial charge in [-0.2, -0.15) is 8.78 Å². The van der Waals surface area contributed by atoms with Gasteiger partial charge in [-0.3, -0.25) is 0 Å². The number of hydrogen-bond donors (Lipinski definition) is 0. The van der Waals surface area contributed by atoms with Gasteiger partial charge in [0, 0.05) is 12.1 Å². The van der Waals surface area contributed by atoms with Gasteiger partial charge in [0.15, 0.2) is 17.5 Å². The molecule has 0 radical (unpaired) electrons. The van der Waals surface area contributed by atoms with Gasteiger partial charge in [-0.25, -0.2) is 13.2 Å². The van der Waals surface area contributed by atoms with E-state index in [1.54, 1.807) is 12.1 Å². The number of ether oxygens (including phenoxy) is 1. The average molecular weight is 424 g/mol. The van der Waals surface area contributed by atoms with E-state index in [1.807, 2.05) is 6.92 Å². The van der Waals surface area contributed by atoms with Crippen molar-refractivity contribution in [2.24, 2.45) is 5.92 Å². The first-order valence-electron chi connectivity index (χ1n) is 10.2. The van der Waals surface area contributed by atoms with Crippen molar-refractivity contribution >= 4 is 0 Å². The first-order valence-corrected chi connectivity index (χ1v) is 10.2. The highest BCUT2D eigenvalue weighted by Crippen LogP contribution is 2.39. The Balaban J connectivity index is 1.62. The van der Waals surface area contributed by atoms with Crippen LogP contribution in [-0.4, -0.2) is 0 Å². The molecule has 0 aromatic heterocycles. The summed E-state index contributed by atoms with van der Waals surface area (Å²) < 4.78 is 72.8. The summed E-state index contributed by atoms with van der Waals surface area (Å²) in [5.41, 5.74) is 0.566. The predicted molar refractivity (Wildman–Crippen MR) is 106 cm³/mol. The van der Waals surface area contributed by atoms with E-state index in [2.05, 4.69) is 16.9 Å². The molecule has 0 heterocycles. The van der Waals surface area contributed by atoms with Crippen LogP contribution in [0, 0.1) is 23.4 Å². The van der Waals surface area contributed by atoms with Gasteiger partial charge in [0.05, 0.1) is 5.56 Å². The Morgan fingerprint density at radius 1 is 0.967 bits per heavy atom. The van der Waals surface area contributed by atoms with Gasteiger partial charge in [0.1, 0.15) is 5.75 Å². The first kappa shape index (κ1) is 22.3. The molecule has 0 aliphatic heterocycles. The Kier molecular flexibility index (Phi) is 7.16. The third-order valence-electron chi connectivity index (χ3n) is 5.75. The van der Waals surface area contributed by atoms with Crippen molar-refractivity contribution in [3.63, 3.8) is 0 Å². The summed E-state index contributed by atoms with van der Waals surface area (Å²) in [4.78, 5) is 0. The summed E-state index contributed by atoms with van der Waals surface area (Å²) >= 11 is 0. The molecule has 1 aliphatic rings. The minimum absolute atomic E-state index is 0.340. The lowest BCUT2D eigenvalue weighted by molar-refractivity contribution is -0.185. The maximum Gasteiger partial charge on any atom is 0.426 e. The fraction of sp³-hybridized carbons (Fsp3) is 0.417. The SMILES string of the molecule is CC=CCC[C@H]1CC[C@H](c2ccc(C(F)(F)Oc3cc(F)c(F)c(F)c3)cc2)CC1. The lowest BCUT2D eigenvalue weighted by atomic mass is 9.77. The molecule has 1 fully saturated rings. The molecule has 0 saturated heterocycles. The number of halogens is 5. The predicted octanol–water partition coefficient (Wildman–Crippen LogP) is 7.86. The third-order valence-corrected chi connectivity index (χ3v) is 5.75. The van der Waals surface area contributed by atoms with Crippen LogP contribution in [0.4, 0.5) is 22.0 Å². The fourth-order valence-corrected chi connectivity index (χ4v) is 4.03. The van der Waals surface area contributed by atoms with Gasteiger partial charge in [-0.15, -0.1) is 0 Å². The smallest absolute Gasteiger partial charge is 0.426 e. The van der Waals surface area contributed by atoms with Crippen molar-refractivity contribution in [1.82, 2.24) is 0 Å². The molecule has 1 aliphatic carbocycles. The van der Waals surface area contributed by atoms with Crippen LogP contribution in [0.25, 0.3) is 0 Å². The summed E-state index contributed by atoms with van der Waals surface area (Å²) in [6.07, 6.45) is 7.04. The summed E-state index contributed by atoms with van der Waals surface area (Å²) in [5, 5.41) is 0. The van der Waals surface area contributed by atoms with E-state index in [4.69, 9.17) is 0 Å². The van der Waals surface area contributed by atoms with Gasteiger partial charge in [0.2, 0.25) is 0 Å². The Labute approximate surface area is 173 Å². The molecule has 30 heavy (non-hydrogen) atoms. The number of alkyl halides is 2. The summed E-state index contributed by atoms with van der Waals surface area (Å²) in [7, 11) is 0. The molecular formula is C24H25F5O. The fourth-order valence-electron chi connectivity index (χ4n) is 4.03. The molecular weight excluding hydrogens is 399 g/mol. The highest BCUT2D eigenvalue weighted by molar-refractivity contribution is 5.30. The average Bonchev–Trinajstić information content (AvgIpc) is 2.72. The molecule has 0 spiro atoms. The zero-order valence-corrected chi connectivity index (χ0v) is 16.8. The molecule has 1 nitrogen and oxygen atoms in total. The molecule has 0 N–H and O–H groups in total. The van der Waals surface area contributed by atoms with E-state index in [9.17, 15) is 22.0 Å². The van der Waals surface area contributed by atoms with E-state index >= 15 is 0 Å². The van der Waals surface area contributed by atoms with Crippen LogP contribution >= 0.6 is 0 Å². The van der Waals surface area contributed by atoms with Crippen LogP contribution in [-0.2, 0) is 6.11 Å². The highest BCUT2D eigenvalue weighted by Gasteiger charge is 2.35. The number of allylic oxidation sites excluding steroid dienone is 2.